The van der Waals surface area contributed by atoms with Gasteiger partial charge in [-0.3, -0.25) is 9.08 Å². The van der Waals surface area contributed by atoms with Gasteiger partial charge in [-0.05, 0) is 31.8 Å². The molecule has 4 aliphatic rings. The van der Waals surface area contributed by atoms with Crippen molar-refractivity contribution < 1.29 is 12.6 Å². The summed E-state index contributed by atoms with van der Waals surface area (Å²) in [6.07, 6.45) is 1.95. The van der Waals surface area contributed by atoms with Crippen LogP contribution in [0.5, 0.6) is 0 Å². The van der Waals surface area contributed by atoms with Crippen LogP contribution in [0.15, 0.2) is 11.1 Å². The molecule has 84 valence electrons. The van der Waals surface area contributed by atoms with Crippen molar-refractivity contribution in [3.05, 3.63) is 11.1 Å². The largest absolute Gasteiger partial charge is 0.399 e. The van der Waals surface area contributed by atoms with E-state index in [1.807, 2.05) is 0 Å². The van der Waals surface area contributed by atoms with Crippen molar-refractivity contribution in [2.24, 2.45) is 11.7 Å². The van der Waals surface area contributed by atoms with Crippen LogP contribution in [0.4, 0.5) is 0 Å². The number of fused-ring (bicyclic) bond motifs is 2. The van der Waals surface area contributed by atoms with Crippen LogP contribution in [0.1, 0.15) is 12.8 Å². The van der Waals surface area contributed by atoms with Crippen LogP contribution >= 0.6 is 0 Å². The fourth-order valence-electron chi connectivity index (χ4n) is 2.97. The fourth-order valence-corrected chi connectivity index (χ4v) is 4.23. The molecule has 2 bridgehead atoms. The normalized spacial score (nSPS) is 47.1. The van der Waals surface area contributed by atoms with Gasteiger partial charge in [0.2, 0.25) is 0 Å². The third-order valence-electron chi connectivity index (χ3n) is 3.73. The Morgan fingerprint density at radius 1 is 1.47 bits per heavy atom. The van der Waals surface area contributed by atoms with E-state index in [-0.39, 0.29) is 5.92 Å². The zero-order valence-corrected chi connectivity index (χ0v) is 9.16. The Morgan fingerprint density at radius 3 is 2.53 bits per heavy atom. The lowest BCUT2D eigenvalue weighted by Gasteiger charge is -2.50. The second-order valence-electron chi connectivity index (χ2n) is 4.59. The van der Waals surface area contributed by atoms with Gasteiger partial charge < -0.3 is 5.73 Å². The van der Waals surface area contributed by atoms with Crippen LogP contribution in [0.2, 0.25) is 0 Å². The molecule has 5 nitrogen and oxygen atoms in total. The minimum Gasteiger partial charge on any atom is -0.399 e. The molecule has 0 aromatic rings. The number of hydrogen-bond acceptors (Lipinski definition) is 5. The first-order valence-corrected chi connectivity index (χ1v) is 6.65. The number of nitrogens with two attached hydrogens (primary N) is 1. The first-order chi connectivity index (χ1) is 7.02. The molecule has 0 aliphatic carbocycles. The van der Waals surface area contributed by atoms with Gasteiger partial charge in [0.25, 0.3) is 10.1 Å². The molecule has 3 fully saturated rings. The first kappa shape index (κ1) is 9.62. The van der Waals surface area contributed by atoms with Crippen LogP contribution in [-0.2, 0) is 14.3 Å². The van der Waals surface area contributed by atoms with E-state index in [1.54, 1.807) is 0 Å². The second-order valence-corrected chi connectivity index (χ2v) is 5.98. The highest BCUT2D eigenvalue weighted by Gasteiger charge is 2.55. The molecule has 4 heterocycles. The van der Waals surface area contributed by atoms with E-state index in [9.17, 15) is 8.42 Å². The van der Waals surface area contributed by atoms with Crippen molar-refractivity contribution in [3.8, 4) is 0 Å². The summed E-state index contributed by atoms with van der Waals surface area (Å²) in [5, 5.41) is 1.08. The second kappa shape index (κ2) is 2.75. The minimum atomic E-state index is -3.54. The van der Waals surface area contributed by atoms with Gasteiger partial charge in [0.1, 0.15) is 5.60 Å². The fraction of sp³-hybridized carbons (Fsp3) is 0.778. The van der Waals surface area contributed by atoms with Crippen LogP contribution in [-0.4, -0.2) is 38.6 Å². The molecule has 1 atom stereocenters. The van der Waals surface area contributed by atoms with Crippen LogP contribution in [0.25, 0.3) is 0 Å². The van der Waals surface area contributed by atoms with Crippen molar-refractivity contribution in [1.29, 1.82) is 0 Å². The molecule has 15 heavy (non-hydrogen) atoms. The average Bonchev–Trinajstić information content (AvgIpc) is 2.38. The Balaban J connectivity index is 2.03. The quantitative estimate of drug-likeness (QED) is 0.574. The molecule has 2 N–H and O–H groups in total. The molecular weight excluding hydrogens is 216 g/mol. The lowest BCUT2D eigenvalue weighted by atomic mass is 9.74. The molecule has 0 aromatic heterocycles. The lowest BCUT2D eigenvalue weighted by molar-refractivity contribution is -0.0601. The molecule has 4 rings (SSSR count). The smallest absolute Gasteiger partial charge is 0.292 e. The molecule has 0 amide bonds. The summed E-state index contributed by atoms with van der Waals surface area (Å²) >= 11 is 0. The van der Waals surface area contributed by atoms with Gasteiger partial charge in [0.15, 0.2) is 0 Å². The lowest BCUT2D eigenvalue weighted by Crippen LogP contribution is -2.61. The predicted octanol–water partition coefficient (Wildman–Crippen LogP) is -0.389. The zero-order chi connectivity index (χ0) is 10.7. The number of piperidine rings is 3. The molecule has 6 heteroatoms. The molecule has 4 aliphatic heterocycles. The van der Waals surface area contributed by atoms with E-state index >= 15 is 0 Å². The molecule has 0 aromatic carbocycles. The van der Waals surface area contributed by atoms with E-state index < -0.39 is 15.7 Å². The van der Waals surface area contributed by atoms with Gasteiger partial charge in [-0.25, -0.2) is 0 Å². The van der Waals surface area contributed by atoms with E-state index in [4.69, 9.17) is 9.92 Å². The third-order valence-corrected chi connectivity index (χ3v) is 4.80. The minimum absolute atomic E-state index is 0.260. The van der Waals surface area contributed by atoms with Crippen LogP contribution in [0, 0.1) is 5.92 Å². The van der Waals surface area contributed by atoms with Gasteiger partial charge in [-0.2, -0.15) is 8.42 Å². The summed E-state index contributed by atoms with van der Waals surface area (Å²) in [5.41, 5.74) is 5.48. The summed E-state index contributed by atoms with van der Waals surface area (Å²) in [5.74, 6) is 0.260. The van der Waals surface area contributed by atoms with Crippen LogP contribution in [0.3, 0.4) is 0 Å². The molecule has 1 spiro atoms. The summed E-state index contributed by atoms with van der Waals surface area (Å²) in [6, 6.07) is 0. The van der Waals surface area contributed by atoms with Gasteiger partial charge in [0.05, 0.1) is 11.1 Å². The van der Waals surface area contributed by atoms with E-state index in [2.05, 4.69) is 4.90 Å². The predicted molar refractivity (Wildman–Crippen MR) is 54.2 cm³/mol. The Bertz CT molecular complexity index is 423. The van der Waals surface area contributed by atoms with Crippen molar-refractivity contribution in [3.63, 3.8) is 0 Å². The van der Waals surface area contributed by atoms with Crippen LogP contribution < -0.4 is 5.73 Å². The van der Waals surface area contributed by atoms with Crippen molar-refractivity contribution in [2.45, 2.75) is 18.4 Å². The summed E-state index contributed by atoms with van der Waals surface area (Å²) in [7, 11) is -3.54. The van der Waals surface area contributed by atoms with Gasteiger partial charge in [-0.15, -0.1) is 0 Å². The van der Waals surface area contributed by atoms with Gasteiger partial charge in [0, 0.05) is 6.54 Å². The maximum absolute atomic E-state index is 11.4. The van der Waals surface area contributed by atoms with E-state index in [0.717, 1.165) is 31.3 Å². The van der Waals surface area contributed by atoms with Gasteiger partial charge >= 0.3 is 0 Å². The molecule has 1 unspecified atom stereocenters. The average molecular weight is 230 g/mol. The third kappa shape index (κ3) is 1.25. The Kier molecular flexibility index (Phi) is 1.76. The standard InChI is InChI=1S/C9H14N2O3S/c10-8-5-15(12,13)14-9(8)6-11-3-1-7(9)2-4-11/h5,7H,1-4,6,10H2. The zero-order valence-electron chi connectivity index (χ0n) is 8.35. The maximum Gasteiger partial charge on any atom is 0.292 e. The van der Waals surface area contributed by atoms with Gasteiger partial charge in [-0.1, -0.05) is 0 Å². The van der Waals surface area contributed by atoms with Crippen molar-refractivity contribution in [1.82, 2.24) is 4.90 Å². The molecule has 0 saturated carbocycles. The van der Waals surface area contributed by atoms with Crippen molar-refractivity contribution >= 4 is 10.1 Å². The summed E-state index contributed by atoms with van der Waals surface area (Å²) in [6.45, 7) is 2.69. The topological polar surface area (TPSA) is 72.6 Å². The highest BCUT2D eigenvalue weighted by Crippen LogP contribution is 2.45. The Labute approximate surface area is 89.0 Å². The van der Waals surface area contributed by atoms with E-state index in [1.165, 1.54) is 0 Å². The number of rotatable bonds is 0. The highest BCUT2D eigenvalue weighted by atomic mass is 32.2. The van der Waals surface area contributed by atoms with E-state index in [0.29, 0.717) is 12.2 Å². The first-order valence-electron chi connectivity index (χ1n) is 5.17. The molecule has 3 saturated heterocycles. The Morgan fingerprint density at radius 2 is 2.13 bits per heavy atom. The molecule has 0 radical (unpaired) electrons. The highest BCUT2D eigenvalue weighted by molar-refractivity contribution is 7.90. The SMILES string of the molecule is NC1=CS(=O)(=O)OC12CN1CCC2CC1. The number of hydrogen-bond donors (Lipinski definition) is 1. The summed E-state index contributed by atoms with van der Waals surface area (Å²) in [4.78, 5) is 2.22. The maximum atomic E-state index is 11.4. The monoisotopic (exact) mass is 230 g/mol. The summed E-state index contributed by atoms with van der Waals surface area (Å²) < 4.78 is 28.0. The van der Waals surface area contributed by atoms with Crippen molar-refractivity contribution in [2.75, 3.05) is 19.6 Å². The number of nitrogens with zero attached hydrogens (tertiary/aromatic N) is 1. The Hall–Kier alpha value is -0.590. The molecular formula is C9H14N2O3S.